The number of nitrogens with one attached hydrogen (secondary N) is 1. The van der Waals surface area contributed by atoms with E-state index in [-0.39, 0.29) is 5.91 Å². The molecular formula is C22H18N4OS. The van der Waals surface area contributed by atoms with Crippen molar-refractivity contribution in [3.05, 3.63) is 94.3 Å². The van der Waals surface area contributed by atoms with Crippen LogP contribution in [0.25, 0.3) is 16.9 Å². The molecule has 0 saturated heterocycles. The van der Waals surface area contributed by atoms with Gasteiger partial charge in [-0.15, -0.1) is 11.3 Å². The van der Waals surface area contributed by atoms with Gasteiger partial charge in [0.05, 0.1) is 16.8 Å². The minimum Gasteiger partial charge on any atom is -0.266 e. The second kappa shape index (κ2) is 8.02. The zero-order chi connectivity index (χ0) is 19.3. The van der Waals surface area contributed by atoms with E-state index in [1.54, 1.807) is 12.3 Å². The van der Waals surface area contributed by atoms with Crippen LogP contribution >= 0.6 is 11.3 Å². The van der Waals surface area contributed by atoms with E-state index in [9.17, 15) is 4.79 Å². The maximum atomic E-state index is 12.1. The quantitative estimate of drug-likeness (QED) is 0.400. The number of carbonyl (C=O) groups excluding carboxylic acids is 1. The average molecular weight is 386 g/mol. The third kappa shape index (κ3) is 3.92. The highest BCUT2D eigenvalue weighted by molar-refractivity contribution is 7.12. The van der Waals surface area contributed by atoms with E-state index in [0.29, 0.717) is 4.88 Å². The Morgan fingerprint density at radius 3 is 2.57 bits per heavy atom. The summed E-state index contributed by atoms with van der Waals surface area (Å²) in [6, 6.07) is 21.7. The zero-order valence-corrected chi connectivity index (χ0v) is 16.1. The van der Waals surface area contributed by atoms with Crippen LogP contribution < -0.4 is 5.43 Å². The number of para-hydroxylation sites is 1. The molecule has 1 N–H and O–H groups in total. The van der Waals surface area contributed by atoms with Gasteiger partial charge in [-0.3, -0.25) is 4.79 Å². The molecule has 2 aromatic heterocycles. The normalized spacial score (nSPS) is 11.0. The van der Waals surface area contributed by atoms with E-state index in [1.807, 2.05) is 64.8 Å². The Kier molecular flexibility index (Phi) is 5.12. The molecule has 0 spiro atoms. The summed E-state index contributed by atoms with van der Waals surface area (Å²) in [7, 11) is 0. The summed E-state index contributed by atoms with van der Waals surface area (Å²) in [6.45, 7) is 2.05. The van der Waals surface area contributed by atoms with Crippen LogP contribution in [0.1, 0.15) is 20.8 Å². The van der Waals surface area contributed by atoms with Crippen molar-refractivity contribution in [3.63, 3.8) is 0 Å². The topological polar surface area (TPSA) is 59.3 Å². The summed E-state index contributed by atoms with van der Waals surface area (Å²) < 4.78 is 1.82. The maximum absolute atomic E-state index is 12.1. The van der Waals surface area contributed by atoms with Crippen molar-refractivity contribution in [3.8, 4) is 16.9 Å². The van der Waals surface area contributed by atoms with Crippen LogP contribution in [0.4, 0.5) is 0 Å². The maximum Gasteiger partial charge on any atom is 0.281 e. The molecule has 0 atom stereocenters. The predicted octanol–water partition coefficient (Wildman–Crippen LogP) is 4.67. The highest BCUT2D eigenvalue weighted by Gasteiger charge is 2.11. The van der Waals surface area contributed by atoms with Crippen LogP contribution in [0.3, 0.4) is 0 Å². The summed E-state index contributed by atoms with van der Waals surface area (Å²) in [4.78, 5) is 12.7. The van der Waals surface area contributed by atoms with Crippen LogP contribution in [-0.4, -0.2) is 21.9 Å². The van der Waals surface area contributed by atoms with Gasteiger partial charge < -0.3 is 0 Å². The molecule has 1 amide bonds. The first-order chi connectivity index (χ1) is 13.7. The third-order valence-corrected chi connectivity index (χ3v) is 5.07. The number of nitrogens with zero attached hydrogens (tertiary/aromatic N) is 3. The lowest BCUT2D eigenvalue weighted by Crippen LogP contribution is -2.16. The molecule has 0 aliphatic heterocycles. The van der Waals surface area contributed by atoms with E-state index in [1.165, 1.54) is 16.9 Å². The van der Waals surface area contributed by atoms with E-state index >= 15 is 0 Å². The van der Waals surface area contributed by atoms with Crippen molar-refractivity contribution >= 4 is 23.5 Å². The van der Waals surface area contributed by atoms with Gasteiger partial charge in [0.25, 0.3) is 5.91 Å². The number of hydrazone groups is 1. The monoisotopic (exact) mass is 386 g/mol. The molecular weight excluding hydrogens is 368 g/mol. The van der Waals surface area contributed by atoms with Crippen LogP contribution in [0.2, 0.25) is 0 Å². The molecule has 0 aliphatic rings. The van der Waals surface area contributed by atoms with Gasteiger partial charge in [-0.25, -0.2) is 10.1 Å². The first-order valence-corrected chi connectivity index (χ1v) is 9.68. The van der Waals surface area contributed by atoms with E-state index in [2.05, 4.69) is 29.6 Å². The van der Waals surface area contributed by atoms with E-state index < -0.39 is 0 Å². The molecule has 138 valence electrons. The molecule has 28 heavy (non-hydrogen) atoms. The van der Waals surface area contributed by atoms with Crippen molar-refractivity contribution in [2.75, 3.05) is 0 Å². The van der Waals surface area contributed by atoms with Crippen LogP contribution in [-0.2, 0) is 0 Å². The molecule has 5 nitrogen and oxygen atoms in total. The van der Waals surface area contributed by atoms with Crippen LogP contribution in [0.5, 0.6) is 0 Å². The van der Waals surface area contributed by atoms with Crippen LogP contribution in [0, 0.1) is 6.92 Å². The lowest BCUT2D eigenvalue weighted by Gasteiger charge is -2.01. The highest BCUT2D eigenvalue weighted by atomic mass is 32.1. The molecule has 2 aromatic carbocycles. The summed E-state index contributed by atoms with van der Waals surface area (Å²) >= 11 is 1.38. The largest absolute Gasteiger partial charge is 0.281 e. The van der Waals surface area contributed by atoms with Gasteiger partial charge in [0.15, 0.2) is 0 Å². The number of benzene rings is 2. The van der Waals surface area contributed by atoms with Gasteiger partial charge in [0.2, 0.25) is 0 Å². The number of aromatic nitrogens is 2. The number of rotatable bonds is 5. The Hall–Kier alpha value is -3.51. The van der Waals surface area contributed by atoms with Gasteiger partial charge in [-0.2, -0.15) is 10.2 Å². The lowest BCUT2D eigenvalue weighted by atomic mass is 10.1. The number of thiophene rings is 1. The smallest absolute Gasteiger partial charge is 0.266 e. The first kappa shape index (κ1) is 17.9. The van der Waals surface area contributed by atoms with Crippen molar-refractivity contribution in [2.24, 2.45) is 5.10 Å². The summed E-state index contributed by atoms with van der Waals surface area (Å²) in [5, 5.41) is 10.7. The SMILES string of the molecule is Cc1ccc(-c2nn(-c3ccccc3)cc2C=NNC(=O)c2cccs2)cc1. The molecule has 4 aromatic rings. The van der Waals surface area contributed by atoms with E-state index in [0.717, 1.165) is 22.5 Å². The molecule has 0 unspecified atom stereocenters. The van der Waals surface area contributed by atoms with Crippen molar-refractivity contribution in [1.82, 2.24) is 15.2 Å². The fourth-order valence-corrected chi connectivity index (χ4v) is 3.37. The Labute approximate surface area is 167 Å². The minimum absolute atomic E-state index is 0.224. The molecule has 0 saturated carbocycles. The fraction of sp³-hybridized carbons (Fsp3) is 0.0455. The minimum atomic E-state index is -0.224. The molecule has 2 heterocycles. The summed E-state index contributed by atoms with van der Waals surface area (Å²) in [5.74, 6) is -0.224. The Morgan fingerprint density at radius 1 is 1.07 bits per heavy atom. The second-order valence-corrected chi connectivity index (χ2v) is 7.20. The number of amides is 1. The van der Waals surface area contributed by atoms with Crippen molar-refractivity contribution < 1.29 is 4.79 Å². The molecule has 4 rings (SSSR count). The van der Waals surface area contributed by atoms with Gasteiger partial charge >= 0.3 is 0 Å². The standard InChI is InChI=1S/C22H18N4OS/c1-16-9-11-17(12-10-16)21-18(14-23-24-22(27)20-8-5-13-28-20)15-26(25-21)19-6-3-2-4-7-19/h2-15H,1H3,(H,24,27). The van der Waals surface area contributed by atoms with Crippen molar-refractivity contribution in [2.45, 2.75) is 6.92 Å². The zero-order valence-electron chi connectivity index (χ0n) is 15.2. The first-order valence-electron chi connectivity index (χ1n) is 8.80. The third-order valence-electron chi connectivity index (χ3n) is 4.20. The van der Waals surface area contributed by atoms with E-state index in [4.69, 9.17) is 5.10 Å². The summed E-state index contributed by atoms with van der Waals surface area (Å²) in [5.41, 5.74) is 7.33. The average Bonchev–Trinajstić information content (AvgIpc) is 3.40. The fourth-order valence-electron chi connectivity index (χ4n) is 2.75. The number of carbonyl (C=O) groups is 1. The molecule has 0 bridgehead atoms. The number of aryl methyl sites for hydroxylation is 1. The second-order valence-electron chi connectivity index (χ2n) is 6.26. The predicted molar refractivity (Wildman–Crippen MR) is 113 cm³/mol. The number of hydrogen-bond donors (Lipinski definition) is 1. The summed E-state index contributed by atoms with van der Waals surface area (Å²) in [6.07, 6.45) is 3.54. The molecule has 0 aliphatic carbocycles. The molecule has 0 radical (unpaired) electrons. The Balaban J connectivity index is 1.66. The number of hydrogen-bond acceptors (Lipinski definition) is 4. The van der Waals surface area contributed by atoms with Gasteiger partial charge in [-0.1, -0.05) is 54.1 Å². The highest BCUT2D eigenvalue weighted by Crippen LogP contribution is 2.23. The van der Waals surface area contributed by atoms with Gasteiger partial charge in [0.1, 0.15) is 5.69 Å². The molecule has 6 heteroatoms. The molecule has 0 fully saturated rings. The van der Waals surface area contributed by atoms with Gasteiger partial charge in [-0.05, 0) is 30.5 Å². The lowest BCUT2D eigenvalue weighted by molar-refractivity contribution is 0.0959. The van der Waals surface area contributed by atoms with Crippen molar-refractivity contribution in [1.29, 1.82) is 0 Å². The van der Waals surface area contributed by atoms with Gasteiger partial charge in [0, 0.05) is 17.3 Å². The Morgan fingerprint density at radius 2 is 1.86 bits per heavy atom. The Bertz CT molecular complexity index is 1100. The van der Waals surface area contributed by atoms with Crippen LogP contribution in [0.15, 0.2) is 83.4 Å².